The summed E-state index contributed by atoms with van der Waals surface area (Å²) in [5.41, 5.74) is 2.14. The number of aliphatic imine (C=N–C) groups is 1. The number of anilines is 1. The first-order chi connectivity index (χ1) is 14.7. The lowest BCUT2D eigenvalue weighted by molar-refractivity contribution is 0.378. The largest absolute Gasteiger partial charge is 0.369 e. The van der Waals surface area contributed by atoms with Gasteiger partial charge in [-0.25, -0.2) is 0 Å². The molecule has 0 bridgehead atoms. The molecule has 0 spiro atoms. The van der Waals surface area contributed by atoms with Gasteiger partial charge in [0.2, 0.25) is 11.7 Å². The van der Waals surface area contributed by atoms with Crippen LogP contribution in [0, 0.1) is 0 Å². The third kappa shape index (κ3) is 6.33. The van der Waals surface area contributed by atoms with E-state index in [0.717, 1.165) is 31.0 Å². The highest BCUT2D eigenvalue weighted by molar-refractivity contribution is 14.0. The molecule has 7 nitrogen and oxygen atoms in total. The van der Waals surface area contributed by atoms with Crippen LogP contribution in [0.4, 0.5) is 5.69 Å². The van der Waals surface area contributed by atoms with Crippen LogP contribution >= 0.6 is 35.6 Å². The second kappa shape index (κ2) is 11.3. The Morgan fingerprint density at radius 3 is 2.71 bits per heavy atom. The summed E-state index contributed by atoms with van der Waals surface area (Å²) in [4.78, 5) is 11.2. The molecule has 2 heterocycles. The fourth-order valence-electron chi connectivity index (χ4n) is 3.50. The van der Waals surface area contributed by atoms with Crippen molar-refractivity contribution >= 4 is 47.2 Å². The third-order valence-electron chi connectivity index (χ3n) is 5.08. The Hall–Kier alpha value is -2.33. The van der Waals surface area contributed by atoms with E-state index < -0.39 is 0 Å². The summed E-state index contributed by atoms with van der Waals surface area (Å²) in [6.45, 7) is 2.64. The van der Waals surface area contributed by atoms with Crippen LogP contribution in [0.1, 0.15) is 12.3 Å². The van der Waals surface area contributed by atoms with Crippen molar-refractivity contribution in [2.75, 3.05) is 31.6 Å². The van der Waals surface area contributed by atoms with Crippen LogP contribution in [0.5, 0.6) is 0 Å². The van der Waals surface area contributed by atoms with E-state index in [2.05, 4.69) is 54.9 Å². The molecule has 1 fully saturated rings. The van der Waals surface area contributed by atoms with Gasteiger partial charge in [0, 0.05) is 55.4 Å². The number of nitrogens with one attached hydrogen (secondary N) is 2. The molecule has 1 unspecified atom stereocenters. The number of para-hydroxylation sites is 1. The lowest BCUT2D eigenvalue weighted by atomic mass is 10.2. The van der Waals surface area contributed by atoms with E-state index >= 15 is 0 Å². The summed E-state index contributed by atoms with van der Waals surface area (Å²) < 4.78 is 5.36. The Balaban J connectivity index is 0.00000272. The van der Waals surface area contributed by atoms with Gasteiger partial charge < -0.3 is 20.1 Å². The maximum atomic E-state index is 5.92. The first-order valence-corrected chi connectivity index (χ1v) is 10.4. The molecule has 0 amide bonds. The molecule has 1 saturated heterocycles. The molecule has 1 aromatic heterocycles. The minimum absolute atomic E-state index is 0. The van der Waals surface area contributed by atoms with Crippen molar-refractivity contribution in [3.63, 3.8) is 0 Å². The van der Waals surface area contributed by atoms with Crippen LogP contribution in [-0.2, 0) is 6.42 Å². The zero-order valence-electron chi connectivity index (χ0n) is 17.3. The molecule has 4 rings (SSSR count). The second-order valence-corrected chi connectivity index (χ2v) is 7.62. The van der Waals surface area contributed by atoms with Crippen molar-refractivity contribution in [3.8, 4) is 11.4 Å². The molecule has 1 aliphatic rings. The molecule has 0 saturated carbocycles. The zero-order chi connectivity index (χ0) is 20.8. The molecule has 31 heavy (non-hydrogen) atoms. The molecular weight excluding hydrogens is 527 g/mol. The monoisotopic (exact) mass is 552 g/mol. The number of aromatic nitrogens is 2. The van der Waals surface area contributed by atoms with E-state index in [1.165, 1.54) is 5.69 Å². The molecule has 2 N–H and O–H groups in total. The Morgan fingerprint density at radius 2 is 1.97 bits per heavy atom. The molecular formula is C22H26ClIN6O. The smallest absolute Gasteiger partial charge is 0.228 e. The number of nitrogens with zero attached hydrogens (tertiary/aromatic N) is 4. The lowest BCUT2D eigenvalue weighted by Gasteiger charge is -2.20. The average Bonchev–Trinajstić information content (AvgIpc) is 3.44. The van der Waals surface area contributed by atoms with Gasteiger partial charge in [-0.2, -0.15) is 4.98 Å². The number of halogens is 2. The summed E-state index contributed by atoms with van der Waals surface area (Å²) in [7, 11) is 1.78. The molecule has 2 aromatic carbocycles. The fourth-order valence-corrected chi connectivity index (χ4v) is 3.63. The normalized spacial score (nSPS) is 16.1. The van der Waals surface area contributed by atoms with Crippen molar-refractivity contribution in [1.82, 2.24) is 20.8 Å². The molecule has 0 aliphatic carbocycles. The predicted octanol–water partition coefficient (Wildman–Crippen LogP) is 3.99. The van der Waals surface area contributed by atoms with Crippen molar-refractivity contribution in [2.45, 2.75) is 18.9 Å². The summed E-state index contributed by atoms with van der Waals surface area (Å²) in [5, 5.41) is 11.6. The minimum Gasteiger partial charge on any atom is -0.369 e. The van der Waals surface area contributed by atoms with Crippen molar-refractivity contribution in [1.29, 1.82) is 0 Å². The van der Waals surface area contributed by atoms with Gasteiger partial charge in [0.15, 0.2) is 5.96 Å². The standard InChI is InChI=1S/C22H25ClN6O.HI/c1-24-22(26-18-12-14-29(15-18)19-5-3-2-4-6-19)25-13-11-20-27-21(28-30-20)16-7-9-17(23)10-8-16;/h2-10,18H,11-15H2,1H3,(H2,24,25,26);1H. The molecule has 164 valence electrons. The number of benzene rings is 2. The summed E-state index contributed by atoms with van der Waals surface area (Å²) in [6, 6.07) is 18.2. The first kappa shape index (κ1) is 23.3. The van der Waals surface area contributed by atoms with Gasteiger partial charge >= 0.3 is 0 Å². The summed E-state index contributed by atoms with van der Waals surface area (Å²) in [5.74, 6) is 1.93. The van der Waals surface area contributed by atoms with E-state index in [9.17, 15) is 0 Å². The van der Waals surface area contributed by atoms with Crippen LogP contribution in [0.25, 0.3) is 11.4 Å². The quantitative estimate of drug-likeness (QED) is 0.274. The van der Waals surface area contributed by atoms with Gasteiger partial charge in [-0.3, -0.25) is 4.99 Å². The maximum Gasteiger partial charge on any atom is 0.228 e. The summed E-state index contributed by atoms with van der Waals surface area (Å²) >= 11 is 5.92. The van der Waals surface area contributed by atoms with Crippen LogP contribution < -0.4 is 15.5 Å². The highest BCUT2D eigenvalue weighted by Gasteiger charge is 2.23. The number of guanidine groups is 1. The third-order valence-corrected chi connectivity index (χ3v) is 5.33. The number of hydrogen-bond donors (Lipinski definition) is 2. The first-order valence-electron chi connectivity index (χ1n) is 10.1. The van der Waals surface area contributed by atoms with Crippen LogP contribution in [0.3, 0.4) is 0 Å². The van der Waals surface area contributed by atoms with Gasteiger partial charge in [0.25, 0.3) is 0 Å². The van der Waals surface area contributed by atoms with Crippen molar-refractivity contribution in [2.24, 2.45) is 4.99 Å². The van der Waals surface area contributed by atoms with Crippen molar-refractivity contribution < 1.29 is 4.52 Å². The van der Waals surface area contributed by atoms with Gasteiger partial charge in [-0.15, -0.1) is 24.0 Å². The van der Waals surface area contributed by atoms with Crippen molar-refractivity contribution in [3.05, 3.63) is 65.5 Å². The van der Waals surface area contributed by atoms with Gasteiger partial charge in [-0.05, 0) is 42.8 Å². The van der Waals surface area contributed by atoms with Crippen LogP contribution in [0.15, 0.2) is 64.1 Å². The van der Waals surface area contributed by atoms with E-state index in [4.69, 9.17) is 16.1 Å². The summed E-state index contributed by atoms with van der Waals surface area (Å²) in [6.07, 6.45) is 1.69. The number of rotatable bonds is 6. The van der Waals surface area contributed by atoms with Crippen LogP contribution in [0.2, 0.25) is 5.02 Å². The Labute approximate surface area is 204 Å². The highest BCUT2D eigenvalue weighted by Crippen LogP contribution is 2.20. The Kier molecular flexibility index (Phi) is 8.53. The Morgan fingerprint density at radius 1 is 1.19 bits per heavy atom. The Bertz CT molecular complexity index is 979. The lowest BCUT2D eigenvalue weighted by Crippen LogP contribution is -2.45. The molecule has 0 radical (unpaired) electrons. The minimum atomic E-state index is 0. The number of hydrogen-bond acceptors (Lipinski definition) is 5. The van der Waals surface area contributed by atoms with E-state index in [1.807, 2.05) is 30.3 Å². The van der Waals surface area contributed by atoms with Gasteiger partial charge in [0.1, 0.15) is 0 Å². The van der Waals surface area contributed by atoms with Gasteiger partial charge in [0.05, 0.1) is 0 Å². The maximum absolute atomic E-state index is 5.92. The topological polar surface area (TPSA) is 78.6 Å². The predicted molar refractivity (Wildman–Crippen MR) is 135 cm³/mol. The fraction of sp³-hybridized carbons (Fsp3) is 0.318. The second-order valence-electron chi connectivity index (χ2n) is 7.18. The highest BCUT2D eigenvalue weighted by atomic mass is 127. The van der Waals surface area contributed by atoms with Gasteiger partial charge in [-0.1, -0.05) is 35.0 Å². The molecule has 3 aromatic rings. The van der Waals surface area contributed by atoms with E-state index in [-0.39, 0.29) is 24.0 Å². The molecule has 9 heteroatoms. The van der Waals surface area contributed by atoms with E-state index in [0.29, 0.717) is 35.7 Å². The molecule has 1 aliphatic heterocycles. The molecule has 1 atom stereocenters. The SMILES string of the molecule is CN=C(NCCc1nc(-c2ccc(Cl)cc2)no1)NC1CCN(c2ccccc2)C1.I. The average molecular weight is 553 g/mol. The van der Waals surface area contributed by atoms with Crippen LogP contribution in [-0.4, -0.2) is 48.8 Å². The van der Waals surface area contributed by atoms with E-state index in [1.54, 1.807) is 7.05 Å². The zero-order valence-corrected chi connectivity index (χ0v) is 20.4.